The molecule has 1 aliphatic heterocycles. The zero-order valence-electron chi connectivity index (χ0n) is 16.8. The summed E-state index contributed by atoms with van der Waals surface area (Å²) in [7, 11) is 1.69. The number of rotatable bonds is 7. The molecule has 0 saturated carbocycles. The topological polar surface area (TPSA) is 49.5 Å². The summed E-state index contributed by atoms with van der Waals surface area (Å²) in [4.78, 5) is 5.75. The van der Waals surface area contributed by atoms with Crippen LogP contribution in [0.25, 0.3) is 10.9 Å². The summed E-state index contributed by atoms with van der Waals surface area (Å²) >= 11 is 0. The fraction of sp³-hybridized carbons (Fsp3) is 0.391. The molecule has 0 spiro atoms. The third-order valence-electron chi connectivity index (χ3n) is 5.57. The van der Waals surface area contributed by atoms with Crippen molar-refractivity contribution in [2.24, 2.45) is 0 Å². The van der Waals surface area contributed by atoms with E-state index in [0.717, 1.165) is 34.9 Å². The zero-order chi connectivity index (χ0) is 19.3. The van der Waals surface area contributed by atoms with Gasteiger partial charge in [0, 0.05) is 29.3 Å². The van der Waals surface area contributed by atoms with Gasteiger partial charge >= 0.3 is 0 Å². The summed E-state index contributed by atoms with van der Waals surface area (Å²) in [6.45, 7) is 6.10. The molecule has 0 aliphatic carbocycles. The Labute approximate surface area is 166 Å². The van der Waals surface area contributed by atoms with Gasteiger partial charge in [0.25, 0.3) is 0 Å². The maximum Gasteiger partial charge on any atom is 0.184 e. The lowest BCUT2D eigenvalue weighted by atomic mass is 10.1. The number of likely N-dealkylation sites (tertiary alicyclic amines) is 1. The molecule has 0 atom stereocenters. The van der Waals surface area contributed by atoms with Crippen LogP contribution in [-0.4, -0.2) is 43.2 Å². The van der Waals surface area contributed by atoms with Gasteiger partial charge in [-0.2, -0.15) is 0 Å². The SMILES string of the molecule is COc1cccc(Nc2ccc3[nH]ccc3c2C)c1OCCN1CCCCC1. The number of hydrogen-bond donors (Lipinski definition) is 2. The highest BCUT2D eigenvalue weighted by Crippen LogP contribution is 2.38. The largest absolute Gasteiger partial charge is 0.493 e. The minimum atomic E-state index is 0.658. The first-order valence-corrected chi connectivity index (χ1v) is 10.1. The number of anilines is 2. The van der Waals surface area contributed by atoms with Crippen LogP contribution in [-0.2, 0) is 0 Å². The second-order valence-corrected chi connectivity index (χ2v) is 7.39. The van der Waals surface area contributed by atoms with E-state index in [1.807, 2.05) is 24.4 Å². The average molecular weight is 380 g/mol. The Morgan fingerprint density at radius 2 is 1.89 bits per heavy atom. The molecular weight excluding hydrogens is 350 g/mol. The molecule has 3 aromatic rings. The van der Waals surface area contributed by atoms with Gasteiger partial charge < -0.3 is 19.8 Å². The van der Waals surface area contributed by atoms with Gasteiger partial charge in [-0.25, -0.2) is 0 Å². The van der Waals surface area contributed by atoms with Crippen molar-refractivity contribution in [2.75, 3.05) is 38.7 Å². The van der Waals surface area contributed by atoms with Gasteiger partial charge in [-0.15, -0.1) is 0 Å². The van der Waals surface area contributed by atoms with E-state index in [0.29, 0.717) is 6.61 Å². The van der Waals surface area contributed by atoms with Gasteiger partial charge in [0.1, 0.15) is 6.61 Å². The Bertz CT molecular complexity index is 929. The highest BCUT2D eigenvalue weighted by atomic mass is 16.5. The number of nitrogens with one attached hydrogen (secondary N) is 2. The molecule has 0 radical (unpaired) electrons. The van der Waals surface area contributed by atoms with E-state index in [9.17, 15) is 0 Å². The number of H-pyrrole nitrogens is 1. The molecule has 1 saturated heterocycles. The lowest BCUT2D eigenvalue weighted by Crippen LogP contribution is -2.33. The van der Waals surface area contributed by atoms with E-state index >= 15 is 0 Å². The van der Waals surface area contributed by atoms with E-state index in [-0.39, 0.29) is 0 Å². The standard InChI is InChI=1S/C23H29N3O2/c1-17-18-11-12-24-20(18)10-9-19(17)25-21-7-6-8-22(27-2)23(21)28-16-15-26-13-4-3-5-14-26/h6-12,24-25H,3-5,13-16H2,1-2H3. The van der Waals surface area contributed by atoms with Crippen LogP contribution in [0.2, 0.25) is 0 Å². The lowest BCUT2D eigenvalue weighted by Gasteiger charge is -2.26. The van der Waals surface area contributed by atoms with Crippen molar-refractivity contribution >= 4 is 22.3 Å². The number of hydrogen-bond acceptors (Lipinski definition) is 4. The summed E-state index contributed by atoms with van der Waals surface area (Å²) in [6, 6.07) is 12.3. The summed E-state index contributed by atoms with van der Waals surface area (Å²) in [5.74, 6) is 1.53. The minimum Gasteiger partial charge on any atom is -0.493 e. The molecule has 5 heteroatoms. The van der Waals surface area contributed by atoms with E-state index in [4.69, 9.17) is 9.47 Å². The molecule has 0 amide bonds. The Kier molecular flexibility index (Phi) is 5.72. The van der Waals surface area contributed by atoms with Crippen molar-refractivity contribution in [2.45, 2.75) is 26.2 Å². The van der Waals surface area contributed by atoms with Gasteiger partial charge in [-0.1, -0.05) is 12.5 Å². The Morgan fingerprint density at radius 1 is 1.04 bits per heavy atom. The van der Waals surface area contributed by atoms with Crippen molar-refractivity contribution in [3.63, 3.8) is 0 Å². The van der Waals surface area contributed by atoms with Crippen LogP contribution in [0, 0.1) is 6.92 Å². The van der Waals surface area contributed by atoms with Crippen molar-refractivity contribution < 1.29 is 9.47 Å². The smallest absolute Gasteiger partial charge is 0.184 e. The first-order chi connectivity index (χ1) is 13.8. The van der Waals surface area contributed by atoms with E-state index < -0.39 is 0 Å². The van der Waals surface area contributed by atoms with Crippen LogP contribution in [0.4, 0.5) is 11.4 Å². The first-order valence-electron chi connectivity index (χ1n) is 10.1. The fourth-order valence-electron chi connectivity index (χ4n) is 3.95. The van der Waals surface area contributed by atoms with Crippen LogP contribution in [0.5, 0.6) is 11.5 Å². The van der Waals surface area contributed by atoms with Crippen molar-refractivity contribution in [1.29, 1.82) is 0 Å². The third kappa shape index (κ3) is 3.94. The highest BCUT2D eigenvalue weighted by Gasteiger charge is 2.15. The Morgan fingerprint density at radius 3 is 2.71 bits per heavy atom. The summed E-state index contributed by atoms with van der Waals surface area (Å²) in [5, 5.41) is 4.78. The number of piperidine rings is 1. The Hall–Kier alpha value is -2.66. The van der Waals surface area contributed by atoms with Gasteiger partial charge in [0.2, 0.25) is 0 Å². The minimum absolute atomic E-state index is 0.658. The third-order valence-corrected chi connectivity index (χ3v) is 5.57. The second-order valence-electron chi connectivity index (χ2n) is 7.39. The van der Waals surface area contributed by atoms with Crippen molar-refractivity contribution in [1.82, 2.24) is 9.88 Å². The first kappa shape index (κ1) is 18.7. The molecule has 4 rings (SSSR count). The van der Waals surface area contributed by atoms with Crippen LogP contribution in [0.1, 0.15) is 24.8 Å². The van der Waals surface area contributed by atoms with Crippen molar-refractivity contribution in [3.8, 4) is 11.5 Å². The predicted molar refractivity (Wildman–Crippen MR) is 115 cm³/mol. The number of ether oxygens (including phenoxy) is 2. The van der Waals surface area contributed by atoms with E-state index in [2.05, 4.69) is 40.3 Å². The van der Waals surface area contributed by atoms with Gasteiger partial charge in [0.05, 0.1) is 12.8 Å². The molecule has 148 valence electrons. The molecule has 1 aromatic heterocycles. The highest BCUT2D eigenvalue weighted by molar-refractivity contribution is 5.89. The lowest BCUT2D eigenvalue weighted by molar-refractivity contribution is 0.181. The molecule has 0 unspecified atom stereocenters. The molecule has 1 aliphatic rings. The number of benzene rings is 2. The van der Waals surface area contributed by atoms with Crippen LogP contribution in [0.15, 0.2) is 42.6 Å². The van der Waals surface area contributed by atoms with Crippen LogP contribution in [0.3, 0.4) is 0 Å². The average Bonchev–Trinajstić information content (AvgIpc) is 3.21. The molecule has 0 bridgehead atoms. The second kappa shape index (κ2) is 8.57. The van der Waals surface area contributed by atoms with Gasteiger partial charge in [0.15, 0.2) is 11.5 Å². The van der Waals surface area contributed by atoms with Gasteiger partial charge in [-0.05, 0) is 68.8 Å². The van der Waals surface area contributed by atoms with Crippen LogP contribution >= 0.6 is 0 Å². The molecule has 28 heavy (non-hydrogen) atoms. The quantitative estimate of drug-likeness (QED) is 0.600. The molecule has 5 nitrogen and oxygen atoms in total. The summed E-state index contributed by atoms with van der Waals surface area (Å²) in [5.41, 5.74) is 4.35. The number of aromatic nitrogens is 1. The predicted octanol–water partition coefficient (Wildman–Crippen LogP) is 5.09. The molecule has 2 heterocycles. The number of aryl methyl sites for hydroxylation is 1. The molecular formula is C23H29N3O2. The number of fused-ring (bicyclic) bond motifs is 1. The zero-order valence-corrected chi connectivity index (χ0v) is 16.8. The molecule has 1 fully saturated rings. The number of nitrogens with zero attached hydrogens (tertiary/aromatic N) is 1. The fourth-order valence-corrected chi connectivity index (χ4v) is 3.95. The monoisotopic (exact) mass is 379 g/mol. The molecule has 2 aromatic carbocycles. The van der Waals surface area contributed by atoms with Gasteiger partial charge in [-0.3, -0.25) is 4.90 Å². The van der Waals surface area contributed by atoms with Crippen LogP contribution < -0.4 is 14.8 Å². The van der Waals surface area contributed by atoms with E-state index in [1.54, 1.807) is 7.11 Å². The van der Waals surface area contributed by atoms with E-state index in [1.165, 1.54) is 43.3 Å². The maximum absolute atomic E-state index is 6.21. The Balaban J connectivity index is 1.53. The maximum atomic E-state index is 6.21. The normalized spacial score (nSPS) is 14.9. The summed E-state index contributed by atoms with van der Waals surface area (Å²) in [6.07, 6.45) is 5.91. The number of aromatic amines is 1. The molecule has 2 N–H and O–H groups in total. The summed E-state index contributed by atoms with van der Waals surface area (Å²) < 4.78 is 11.8. The van der Waals surface area contributed by atoms with Crippen molar-refractivity contribution in [3.05, 3.63) is 48.2 Å². The number of para-hydroxylation sites is 1. The number of methoxy groups -OCH3 is 1.